The zero-order chi connectivity index (χ0) is 13.5. The Labute approximate surface area is 108 Å². The second kappa shape index (κ2) is 7.01. The minimum absolute atomic E-state index is 0.136. The first-order valence-electron chi connectivity index (χ1n) is 6.24. The number of benzene rings is 1. The third-order valence-corrected chi connectivity index (χ3v) is 3.02. The number of phenols is 1. The predicted molar refractivity (Wildman–Crippen MR) is 70.7 cm³/mol. The maximum atomic E-state index is 11.9. The van der Waals surface area contributed by atoms with Gasteiger partial charge in [0.05, 0.1) is 0 Å². The summed E-state index contributed by atoms with van der Waals surface area (Å²) in [6.07, 6.45) is 1.72. The standard InChI is InChI=1S/C14H21NO3/c1-10(9-16)5-4-8-15-14(18)12-6-3-7-13(17)11(12)2/h3,6-7,10,16-17H,4-5,8-9H2,1-2H3,(H,15,18). The number of amides is 1. The first kappa shape index (κ1) is 14.5. The molecule has 0 radical (unpaired) electrons. The summed E-state index contributed by atoms with van der Waals surface area (Å²) >= 11 is 0. The van der Waals surface area contributed by atoms with Crippen LogP contribution in [0, 0.1) is 12.8 Å². The molecule has 1 atom stereocenters. The summed E-state index contributed by atoms with van der Waals surface area (Å²) in [4.78, 5) is 11.9. The van der Waals surface area contributed by atoms with E-state index in [-0.39, 0.29) is 24.2 Å². The maximum Gasteiger partial charge on any atom is 0.251 e. The van der Waals surface area contributed by atoms with Crippen LogP contribution in [0.5, 0.6) is 5.75 Å². The van der Waals surface area contributed by atoms with Crippen molar-refractivity contribution in [1.82, 2.24) is 5.32 Å². The summed E-state index contributed by atoms with van der Waals surface area (Å²) in [5.41, 5.74) is 1.10. The van der Waals surface area contributed by atoms with Gasteiger partial charge >= 0.3 is 0 Å². The minimum Gasteiger partial charge on any atom is -0.508 e. The molecular weight excluding hydrogens is 230 g/mol. The smallest absolute Gasteiger partial charge is 0.251 e. The highest BCUT2D eigenvalue weighted by atomic mass is 16.3. The zero-order valence-electron chi connectivity index (χ0n) is 10.9. The van der Waals surface area contributed by atoms with Gasteiger partial charge in [-0.15, -0.1) is 0 Å². The van der Waals surface area contributed by atoms with Gasteiger partial charge in [-0.3, -0.25) is 4.79 Å². The van der Waals surface area contributed by atoms with E-state index in [2.05, 4.69) is 5.32 Å². The lowest BCUT2D eigenvalue weighted by atomic mass is 10.1. The molecule has 1 rings (SSSR count). The van der Waals surface area contributed by atoms with Crippen LogP contribution in [-0.2, 0) is 0 Å². The van der Waals surface area contributed by atoms with Crippen LogP contribution in [0.4, 0.5) is 0 Å². The van der Waals surface area contributed by atoms with Crippen molar-refractivity contribution in [3.63, 3.8) is 0 Å². The average molecular weight is 251 g/mol. The fourth-order valence-corrected chi connectivity index (χ4v) is 1.71. The van der Waals surface area contributed by atoms with Gasteiger partial charge in [-0.05, 0) is 37.8 Å². The van der Waals surface area contributed by atoms with E-state index < -0.39 is 0 Å². The van der Waals surface area contributed by atoms with Crippen molar-refractivity contribution < 1.29 is 15.0 Å². The number of hydrogen-bond donors (Lipinski definition) is 3. The van der Waals surface area contributed by atoms with Crippen LogP contribution in [-0.4, -0.2) is 29.3 Å². The summed E-state index contributed by atoms with van der Waals surface area (Å²) in [5, 5.41) is 21.2. The second-order valence-corrected chi connectivity index (χ2v) is 4.64. The maximum absolute atomic E-state index is 11.9. The van der Waals surface area contributed by atoms with E-state index in [0.717, 1.165) is 12.8 Å². The van der Waals surface area contributed by atoms with Crippen LogP contribution in [0.25, 0.3) is 0 Å². The van der Waals surface area contributed by atoms with Crippen molar-refractivity contribution in [3.05, 3.63) is 29.3 Å². The van der Waals surface area contributed by atoms with E-state index in [1.165, 1.54) is 0 Å². The number of carbonyl (C=O) groups excluding carboxylic acids is 1. The van der Waals surface area contributed by atoms with Gasteiger partial charge in [-0.1, -0.05) is 13.0 Å². The molecule has 0 aromatic heterocycles. The van der Waals surface area contributed by atoms with E-state index in [1.54, 1.807) is 25.1 Å². The van der Waals surface area contributed by atoms with Gasteiger partial charge in [0.15, 0.2) is 0 Å². The number of carbonyl (C=O) groups is 1. The Bertz CT molecular complexity index is 404. The normalized spacial score (nSPS) is 12.2. The highest BCUT2D eigenvalue weighted by molar-refractivity contribution is 5.96. The number of aromatic hydroxyl groups is 1. The quantitative estimate of drug-likeness (QED) is 0.676. The van der Waals surface area contributed by atoms with Crippen molar-refractivity contribution >= 4 is 5.91 Å². The Morgan fingerprint density at radius 1 is 1.44 bits per heavy atom. The Morgan fingerprint density at radius 3 is 2.83 bits per heavy atom. The predicted octanol–water partition coefficient (Wildman–Crippen LogP) is 1.84. The van der Waals surface area contributed by atoms with Crippen molar-refractivity contribution in [3.8, 4) is 5.75 Å². The topological polar surface area (TPSA) is 69.6 Å². The number of hydrogen-bond acceptors (Lipinski definition) is 3. The van der Waals surface area contributed by atoms with Crippen molar-refractivity contribution in [2.45, 2.75) is 26.7 Å². The first-order valence-corrected chi connectivity index (χ1v) is 6.24. The molecule has 0 heterocycles. The molecule has 0 saturated carbocycles. The fourth-order valence-electron chi connectivity index (χ4n) is 1.71. The van der Waals surface area contributed by atoms with Gasteiger partial charge in [0.2, 0.25) is 0 Å². The summed E-state index contributed by atoms with van der Waals surface area (Å²) in [5.74, 6) is 0.237. The number of nitrogens with one attached hydrogen (secondary N) is 1. The third-order valence-electron chi connectivity index (χ3n) is 3.02. The van der Waals surface area contributed by atoms with Gasteiger partial charge in [0.1, 0.15) is 5.75 Å². The molecule has 0 bridgehead atoms. The molecule has 1 unspecified atom stereocenters. The average Bonchev–Trinajstić information content (AvgIpc) is 2.37. The lowest BCUT2D eigenvalue weighted by Crippen LogP contribution is -2.25. The molecule has 4 heteroatoms. The molecule has 1 aromatic carbocycles. The van der Waals surface area contributed by atoms with Crippen LogP contribution in [0.3, 0.4) is 0 Å². The van der Waals surface area contributed by atoms with Gasteiger partial charge < -0.3 is 15.5 Å². The minimum atomic E-state index is -0.167. The van der Waals surface area contributed by atoms with Gasteiger partial charge in [-0.2, -0.15) is 0 Å². The monoisotopic (exact) mass is 251 g/mol. The molecule has 18 heavy (non-hydrogen) atoms. The van der Waals surface area contributed by atoms with Crippen LogP contribution < -0.4 is 5.32 Å². The fraction of sp³-hybridized carbons (Fsp3) is 0.500. The molecule has 1 amide bonds. The van der Waals surface area contributed by atoms with E-state index in [4.69, 9.17) is 5.11 Å². The summed E-state index contributed by atoms with van der Waals surface area (Å²) in [6, 6.07) is 4.92. The van der Waals surface area contributed by atoms with Gasteiger partial charge in [0.25, 0.3) is 5.91 Å². The summed E-state index contributed by atoms with van der Waals surface area (Å²) in [6.45, 7) is 4.46. The first-order chi connectivity index (χ1) is 8.56. The Kier molecular flexibility index (Phi) is 5.65. The van der Waals surface area contributed by atoms with E-state index in [1.807, 2.05) is 6.92 Å². The zero-order valence-corrected chi connectivity index (χ0v) is 10.9. The molecule has 100 valence electrons. The Morgan fingerprint density at radius 2 is 2.17 bits per heavy atom. The van der Waals surface area contributed by atoms with Crippen LogP contribution in [0.15, 0.2) is 18.2 Å². The van der Waals surface area contributed by atoms with Crippen LogP contribution in [0.2, 0.25) is 0 Å². The second-order valence-electron chi connectivity index (χ2n) is 4.64. The highest BCUT2D eigenvalue weighted by Gasteiger charge is 2.10. The van der Waals surface area contributed by atoms with Gasteiger partial charge in [0, 0.05) is 24.3 Å². The Hall–Kier alpha value is -1.55. The van der Waals surface area contributed by atoms with E-state index >= 15 is 0 Å². The molecule has 0 fully saturated rings. The molecule has 0 aliphatic carbocycles. The number of phenolic OH excluding ortho intramolecular Hbond substituents is 1. The van der Waals surface area contributed by atoms with E-state index in [0.29, 0.717) is 17.7 Å². The summed E-state index contributed by atoms with van der Waals surface area (Å²) < 4.78 is 0. The summed E-state index contributed by atoms with van der Waals surface area (Å²) in [7, 11) is 0. The number of aliphatic hydroxyl groups excluding tert-OH is 1. The highest BCUT2D eigenvalue weighted by Crippen LogP contribution is 2.19. The van der Waals surface area contributed by atoms with Crippen molar-refractivity contribution in [2.24, 2.45) is 5.92 Å². The molecule has 1 aromatic rings. The molecule has 0 aliphatic heterocycles. The molecule has 0 saturated heterocycles. The SMILES string of the molecule is Cc1c(O)cccc1C(=O)NCCCC(C)CO. The lowest BCUT2D eigenvalue weighted by Gasteiger charge is -2.10. The molecular formula is C14H21NO3. The van der Waals surface area contributed by atoms with Crippen molar-refractivity contribution in [2.75, 3.05) is 13.2 Å². The lowest BCUT2D eigenvalue weighted by molar-refractivity contribution is 0.0951. The van der Waals surface area contributed by atoms with Crippen molar-refractivity contribution in [1.29, 1.82) is 0 Å². The third kappa shape index (κ3) is 4.04. The Balaban J connectivity index is 2.44. The van der Waals surface area contributed by atoms with E-state index in [9.17, 15) is 9.90 Å². The number of aliphatic hydroxyl groups is 1. The molecule has 4 nitrogen and oxygen atoms in total. The number of rotatable bonds is 6. The molecule has 0 aliphatic rings. The molecule has 3 N–H and O–H groups in total. The molecule has 0 spiro atoms. The van der Waals surface area contributed by atoms with Crippen LogP contribution >= 0.6 is 0 Å². The van der Waals surface area contributed by atoms with Crippen LogP contribution in [0.1, 0.15) is 35.7 Å². The van der Waals surface area contributed by atoms with Gasteiger partial charge in [-0.25, -0.2) is 0 Å². The largest absolute Gasteiger partial charge is 0.508 e.